The molecule has 7 nitrogen and oxygen atoms in total. The van der Waals surface area contributed by atoms with Gasteiger partial charge in [0.2, 0.25) is 0 Å². The minimum atomic E-state index is -0.471. The zero-order chi connectivity index (χ0) is 23.4. The quantitative estimate of drug-likeness (QED) is 0.318. The number of hydrogen-bond donors (Lipinski definition) is 1. The van der Waals surface area contributed by atoms with Crippen molar-refractivity contribution >= 4 is 22.9 Å². The number of aromatic nitrogens is 1. The number of rotatable bonds is 7. The Bertz CT molecular complexity index is 1340. The van der Waals surface area contributed by atoms with E-state index in [4.69, 9.17) is 0 Å². The number of nitro benzene ring substituents is 1. The van der Waals surface area contributed by atoms with E-state index in [1.165, 1.54) is 12.1 Å². The van der Waals surface area contributed by atoms with Crippen molar-refractivity contribution < 1.29 is 9.72 Å². The summed E-state index contributed by atoms with van der Waals surface area (Å²) in [5.41, 5.74) is 4.53. The monoisotopic (exact) mass is 459 g/mol. The lowest BCUT2D eigenvalue weighted by atomic mass is 10.0. The van der Waals surface area contributed by atoms with Crippen molar-refractivity contribution in [2.24, 2.45) is 0 Å². The van der Waals surface area contributed by atoms with Crippen molar-refractivity contribution in [3.8, 4) is 11.1 Å². The maximum Gasteiger partial charge on any atom is 0.308 e. The summed E-state index contributed by atoms with van der Waals surface area (Å²) < 4.78 is 1.60. The predicted octanol–water partition coefficient (Wildman–Crippen LogP) is 4.77. The number of amides is 1. The Hall–Kier alpha value is -4.04. The van der Waals surface area contributed by atoms with Gasteiger partial charge in [0.15, 0.2) is 0 Å². The molecule has 0 radical (unpaired) electrons. The highest BCUT2D eigenvalue weighted by Crippen LogP contribution is 2.20. The first-order chi connectivity index (χ1) is 15.9. The van der Waals surface area contributed by atoms with Crippen LogP contribution in [-0.2, 0) is 13.1 Å². The molecular weight excluding hydrogens is 438 g/mol. The van der Waals surface area contributed by atoms with E-state index in [0.717, 1.165) is 33.6 Å². The van der Waals surface area contributed by atoms with Gasteiger partial charge in [-0.25, -0.2) is 0 Å². The molecule has 0 unspecified atom stereocenters. The zero-order valence-corrected chi connectivity index (χ0v) is 18.7. The second kappa shape index (κ2) is 9.62. The number of thiazole rings is 1. The summed E-state index contributed by atoms with van der Waals surface area (Å²) in [7, 11) is 0. The number of benzene rings is 3. The van der Waals surface area contributed by atoms with E-state index in [1.54, 1.807) is 23.6 Å². The first-order valence-electron chi connectivity index (χ1n) is 10.3. The van der Waals surface area contributed by atoms with E-state index in [2.05, 4.69) is 5.32 Å². The third-order valence-electron chi connectivity index (χ3n) is 5.35. The molecule has 1 heterocycles. The zero-order valence-electron chi connectivity index (χ0n) is 17.9. The summed E-state index contributed by atoms with van der Waals surface area (Å²) in [6, 6.07) is 24.0. The van der Waals surface area contributed by atoms with Gasteiger partial charge < -0.3 is 5.32 Å². The molecule has 166 valence electrons. The van der Waals surface area contributed by atoms with Crippen LogP contribution in [0.4, 0.5) is 5.69 Å². The Labute approximate surface area is 194 Å². The van der Waals surface area contributed by atoms with Gasteiger partial charge in [-0.2, -0.15) is 0 Å². The van der Waals surface area contributed by atoms with Gasteiger partial charge >= 0.3 is 4.87 Å². The minimum Gasteiger partial charge on any atom is -0.347 e. The third kappa shape index (κ3) is 5.07. The molecule has 0 spiro atoms. The lowest BCUT2D eigenvalue weighted by molar-refractivity contribution is -0.384. The van der Waals surface area contributed by atoms with E-state index in [-0.39, 0.29) is 23.0 Å². The largest absolute Gasteiger partial charge is 0.347 e. The van der Waals surface area contributed by atoms with Gasteiger partial charge in [-0.1, -0.05) is 78.1 Å². The fourth-order valence-electron chi connectivity index (χ4n) is 3.48. The Morgan fingerprint density at radius 1 is 0.939 bits per heavy atom. The summed E-state index contributed by atoms with van der Waals surface area (Å²) in [6.45, 7) is 2.35. The van der Waals surface area contributed by atoms with Crippen LogP contribution in [-0.4, -0.2) is 15.4 Å². The van der Waals surface area contributed by atoms with Crippen molar-refractivity contribution in [3.63, 3.8) is 0 Å². The van der Waals surface area contributed by atoms with Crippen LogP contribution in [0.25, 0.3) is 11.1 Å². The summed E-state index contributed by atoms with van der Waals surface area (Å²) in [5.74, 6) is -0.342. The second-order valence-corrected chi connectivity index (χ2v) is 8.50. The number of carbonyl (C=O) groups is 1. The van der Waals surface area contributed by atoms with Gasteiger partial charge in [-0.15, -0.1) is 0 Å². The van der Waals surface area contributed by atoms with Crippen LogP contribution in [0.15, 0.2) is 83.7 Å². The second-order valence-electron chi connectivity index (χ2n) is 7.54. The lowest BCUT2D eigenvalue weighted by Crippen LogP contribution is -2.23. The van der Waals surface area contributed by atoms with Crippen molar-refractivity contribution in [1.82, 2.24) is 9.88 Å². The van der Waals surface area contributed by atoms with Gasteiger partial charge in [0.25, 0.3) is 11.6 Å². The van der Waals surface area contributed by atoms with Crippen LogP contribution in [0.3, 0.4) is 0 Å². The molecule has 0 saturated heterocycles. The van der Waals surface area contributed by atoms with Gasteiger partial charge in [0.05, 0.1) is 11.5 Å². The molecule has 1 amide bonds. The first kappa shape index (κ1) is 22.2. The summed E-state index contributed by atoms with van der Waals surface area (Å²) in [5, 5.41) is 13.5. The van der Waals surface area contributed by atoms with E-state index in [0.29, 0.717) is 17.1 Å². The smallest absolute Gasteiger partial charge is 0.308 e. The van der Waals surface area contributed by atoms with E-state index >= 15 is 0 Å². The van der Waals surface area contributed by atoms with Gasteiger partial charge in [0, 0.05) is 24.4 Å². The van der Waals surface area contributed by atoms with Crippen LogP contribution in [0, 0.1) is 17.0 Å². The Morgan fingerprint density at radius 2 is 1.55 bits per heavy atom. The van der Waals surface area contributed by atoms with Gasteiger partial charge in [-0.05, 0) is 29.2 Å². The molecule has 0 fully saturated rings. The Kier molecular flexibility index (Phi) is 6.46. The molecule has 4 rings (SSSR count). The molecule has 3 aromatic carbocycles. The molecule has 1 N–H and O–H groups in total. The summed E-state index contributed by atoms with van der Waals surface area (Å²) in [4.78, 5) is 35.7. The highest BCUT2D eigenvalue weighted by molar-refractivity contribution is 7.11. The lowest BCUT2D eigenvalue weighted by Gasteiger charge is -2.08. The molecule has 4 aromatic rings. The first-order valence-corrected chi connectivity index (χ1v) is 11.1. The third-order valence-corrected chi connectivity index (χ3v) is 6.43. The molecule has 0 aliphatic heterocycles. The molecule has 0 aliphatic rings. The average molecular weight is 460 g/mol. The van der Waals surface area contributed by atoms with Gasteiger partial charge in [0.1, 0.15) is 4.88 Å². The van der Waals surface area contributed by atoms with Crippen LogP contribution in [0.5, 0.6) is 0 Å². The molecule has 0 atom stereocenters. The number of nitro groups is 1. The van der Waals surface area contributed by atoms with E-state index in [9.17, 15) is 19.7 Å². The van der Waals surface area contributed by atoms with Gasteiger partial charge in [-0.3, -0.25) is 24.3 Å². The Morgan fingerprint density at radius 3 is 2.18 bits per heavy atom. The SMILES string of the molecule is Cc1c(C(=O)NCc2ccc([N+](=O)[O-])cc2)sc(=O)n1Cc1ccc(-c2ccccc2)cc1. The van der Waals surface area contributed by atoms with Crippen LogP contribution >= 0.6 is 11.3 Å². The number of non-ortho nitro benzene ring substituents is 1. The van der Waals surface area contributed by atoms with E-state index < -0.39 is 4.92 Å². The Balaban J connectivity index is 1.44. The normalized spacial score (nSPS) is 10.7. The predicted molar refractivity (Wildman–Crippen MR) is 129 cm³/mol. The van der Waals surface area contributed by atoms with Crippen molar-refractivity contribution in [1.29, 1.82) is 0 Å². The molecule has 1 aromatic heterocycles. The van der Waals surface area contributed by atoms with Crippen molar-refractivity contribution in [2.75, 3.05) is 0 Å². The summed E-state index contributed by atoms with van der Waals surface area (Å²) >= 11 is 0.916. The van der Waals surface area contributed by atoms with Crippen molar-refractivity contribution in [2.45, 2.75) is 20.0 Å². The van der Waals surface area contributed by atoms with Crippen LogP contribution in [0.1, 0.15) is 26.5 Å². The molecule has 0 aliphatic carbocycles. The van der Waals surface area contributed by atoms with E-state index in [1.807, 2.05) is 54.6 Å². The minimum absolute atomic E-state index is 0.00647. The van der Waals surface area contributed by atoms with Crippen molar-refractivity contribution in [3.05, 3.63) is 120 Å². The maximum atomic E-state index is 12.7. The molecular formula is C25H21N3O4S. The summed E-state index contributed by atoms with van der Waals surface area (Å²) in [6.07, 6.45) is 0. The highest BCUT2D eigenvalue weighted by Gasteiger charge is 2.18. The van der Waals surface area contributed by atoms with Crippen LogP contribution < -0.4 is 10.2 Å². The highest BCUT2D eigenvalue weighted by atomic mass is 32.1. The fourth-order valence-corrected chi connectivity index (χ4v) is 4.39. The molecule has 0 bridgehead atoms. The number of hydrogen-bond acceptors (Lipinski definition) is 5. The fraction of sp³-hybridized carbons (Fsp3) is 0.120. The average Bonchev–Trinajstić information content (AvgIpc) is 3.12. The number of nitrogens with one attached hydrogen (secondary N) is 1. The number of carbonyl (C=O) groups excluding carboxylic acids is 1. The number of nitrogens with zero attached hydrogens (tertiary/aromatic N) is 2. The standard InChI is InChI=1S/C25H21N3O4S/c1-17-23(24(29)26-15-18-9-13-22(14-10-18)28(31)32)33-25(30)27(17)16-19-7-11-21(12-8-19)20-5-3-2-4-6-20/h2-14H,15-16H2,1H3,(H,26,29). The molecule has 33 heavy (non-hydrogen) atoms. The van der Waals surface area contributed by atoms with Crippen LogP contribution in [0.2, 0.25) is 0 Å². The molecule has 0 saturated carbocycles. The maximum absolute atomic E-state index is 12.7. The topological polar surface area (TPSA) is 94.2 Å². The molecule has 8 heteroatoms.